The molecular weight excluding hydrogens is 276 g/mol. The van der Waals surface area contributed by atoms with Crippen LogP contribution in [-0.4, -0.2) is 24.9 Å². The fourth-order valence-corrected chi connectivity index (χ4v) is 2.04. The van der Waals surface area contributed by atoms with Crippen molar-refractivity contribution in [2.75, 3.05) is 13.7 Å². The molecule has 0 atom stereocenters. The minimum absolute atomic E-state index is 0.0673. The van der Waals surface area contributed by atoms with Crippen molar-refractivity contribution < 1.29 is 19.2 Å². The van der Waals surface area contributed by atoms with Crippen molar-refractivity contribution in [3.8, 4) is 17.6 Å². The Morgan fingerprint density at radius 2 is 2.19 bits per heavy atom. The van der Waals surface area contributed by atoms with E-state index in [9.17, 15) is 14.9 Å². The Bertz CT molecular complexity index is 617. The quantitative estimate of drug-likeness (QED) is 0.434. The zero-order valence-electron chi connectivity index (χ0n) is 11.5. The lowest BCUT2D eigenvalue weighted by Gasteiger charge is -2.15. The first-order chi connectivity index (χ1) is 10.0. The standard InChI is InChI=1S/C14H14N2O5/c1-20-12-6-10(8-17)11(16(18)19)7-13(12)21-9-14(2-3-14)4-5-15/h6-8H,2-4,9H2,1H3. The van der Waals surface area contributed by atoms with E-state index in [1.54, 1.807) is 0 Å². The highest BCUT2D eigenvalue weighted by Gasteiger charge is 2.43. The van der Waals surface area contributed by atoms with Crippen LogP contribution in [0.3, 0.4) is 0 Å². The number of carbonyl (C=O) groups is 1. The molecule has 0 bridgehead atoms. The van der Waals surface area contributed by atoms with Gasteiger partial charge < -0.3 is 9.47 Å². The van der Waals surface area contributed by atoms with Gasteiger partial charge in [-0.1, -0.05) is 0 Å². The maximum absolute atomic E-state index is 11.0. The minimum atomic E-state index is -0.641. The van der Waals surface area contributed by atoms with Crippen LogP contribution in [-0.2, 0) is 0 Å². The van der Waals surface area contributed by atoms with Gasteiger partial charge in [-0.3, -0.25) is 14.9 Å². The van der Waals surface area contributed by atoms with Crippen LogP contribution in [0.2, 0.25) is 0 Å². The molecule has 21 heavy (non-hydrogen) atoms. The van der Waals surface area contributed by atoms with Crippen molar-refractivity contribution in [2.45, 2.75) is 19.3 Å². The number of nitriles is 1. The molecule has 0 unspecified atom stereocenters. The molecule has 0 radical (unpaired) electrons. The zero-order chi connectivity index (χ0) is 15.5. The molecule has 0 spiro atoms. The molecule has 0 saturated heterocycles. The third-order valence-corrected chi connectivity index (χ3v) is 3.58. The molecule has 0 aliphatic heterocycles. The molecule has 1 aromatic carbocycles. The number of nitrogens with zero attached hydrogens (tertiary/aromatic N) is 2. The van der Waals surface area contributed by atoms with Gasteiger partial charge in [-0.25, -0.2) is 0 Å². The number of rotatable bonds is 7. The van der Waals surface area contributed by atoms with Gasteiger partial charge in [-0.05, 0) is 12.8 Å². The molecular formula is C14H14N2O5. The molecule has 7 nitrogen and oxygen atoms in total. The molecule has 1 aliphatic carbocycles. The summed E-state index contributed by atoms with van der Waals surface area (Å²) in [5.41, 5.74) is -0.550. The number of hydrogen-bond donors (Lipinski definition) is 0. The lowest BCUT2D eigenvalue weighted by atomic mass is 10.1. The zero-order valence-corrected chi connectivity index (χ0v) is 11.5. The summed E-state index contributed by atoms with van der Waals surface area (Å²) >= 11 is 0. The number of carbonyl (C=O) groups excluding carboxylic acids is 1. The van der Waals surface area contributed by atoms with Gasteiger partial charge in [-0.2, -0.15) is 5.26 Å². The Balaban J connectivity index is 2.25. The fraction of sp³-hybridized carbons (Fsp3) is 0.429. The van der Waals surface area contributed by atoms with Crippen LogP contribution in [0.5, 0.6) is 11.5 Å². The lowest BCUT2D eigenvalue weighted by molar-refractivity contribution is -0.385. The Kier molecular flexibility index (Phi) is 4.08. The van der Waals surface area contributed by atoms with Crippen molar-refractivity contribution in [2.24, 2.45) is 5.41 Å². The predicted octanol–water partition coefficient (Wildman–Crippen LogP) is 2.49. The molecule has 1 aromatic rings. The second kappa shape index (κ2) is 5.79. The van der Waals surface area contributed by atoms with Gasteiger partial charge in [0.25, 0.3) is 5.69 Å². The molecule has 2 rings (SSSR count). The highest BCUT2D eigenvalue weighted by atomic mass is 16.6. The van der Waals surface area contributed by atoms with Gasteiger partial charge in [-0.15, -0.1) is 0 Å². The molecule has 0 aromatic heterocycles. The third kappa shape index (κ3) is 3.11. The monoisotopic (exact) mass is 290 g/mol. The van der Waals surface area contributed by atoms with E-state index in [0.29, 0.717) is 19.3 Å². The number of hydrogen-bond acceptors (Lipinski definition) is 6. The van der Waals surface area contributed by atoms with Crippen LogP contribution in [0.1, 0.15) is 29.6 Å². The van der Waals surface area contributed by atoms with Crippen LogP contribution in [0.4, 0.5) is 5.69 Å². The summed E-state index contributed by atoms with van der Waals surface area (Å²) in [4.78, 5) is 21.2. The van der Waals surface area contributed by atoms with Crippen LogP contribution >= 0.6 is 0 Å². The van der Waals surface area contributed by atoms with Crippen molar-refractivity contribution in [1.29, 1.82) is 5.26 Å². The molecule has 7 heteroatoms. The SMILES string of the molecule is COc1cc(C=O)c([N+](=O)[O-])cc1OCC1(CC#N)CC1. The molecule has 0 heterocycles. The van der Waals surface area contributed by atoms with Gasteiger partial charge >= 0.3 is 0 Å². The van der Waals surface area contributed by atoms with Gasteiger partial charge in [0.1, 0.15) is 0 Å². The maximum Gasteiger partial charge on any atom is 0.283 e. The third-order valence-electron chi connectivity index (χ3n) is 3.58. The van der Waals surface area contributed by atoms with E-state index in [1.165, 1.54) is 19.2 Å². The largest absolute Gasteiger partial charge is 0.493 e. The van der Waals surface area contributed by atoms with Crippen molar-refractivity contribution in [1.82, 2.24) is 0 Å². The van der Waals surface area contributed by atoms with E-state index >= 15 is 0 Å². The van der Waals surface area contributed by atoms with Gasteiger partial charge in [0.05, 0.1) is 36.3 Å². The van der Waals surface area contributed by atoms with Gasteiger partial charge in [0.15, 0.2) is 17.8 Å². The second-order valence-electron chi connectivity index (χ2n) is 5.06. The highest BCUT2D eigenvalue weighted by Crippen LogP contribution is 2.49. The molecule has 0 N–H and O–H groups in total. The Hall–Kier alpha value is -2.62. The molecule has 1 saturated carbocycles. The number of benzene rings is 1. The number of nitro benzene ring substituents is 1. The topological polar surface area (TPSA) is 102 Å². The van der Waals surface area contributed by atoms with E-state index in [0.717, 1.165) is 12.8 Å². The van der Waals surface area contributed by atoms with Crippen molar-refractivity contribution >= 4 is 12.0 Å². The fourth-order valence-electron chi connectivity index (χ4n) is 2.04. The molecule has 110 valence electrons. The number of nitro groups is 1. The van der Waals surface area contributed by atoms with Crippen molar-refractivity contribution in [3.05, 3.63) is 27.8 Å². The number of methoxy groups -OCH3 is 1. The predicted molar refractivity (Wildman–Crippen MR) is 72.4 cm³/mol. The minimum Gasteiger partial charge on any atom is -0.493 e. The normalized spacial score (nSPS) is 14.9. The molecule has 1 aliphatic rings. The van der Waals surface area contributed by atoms with Crippen LogP contribution in [0.15, 0.2) is 12.1 Å². The van der Waals surface area contributed by atoms with Crippen molar-refractivity contribution in [3.63, 3.8) is 0 Å². The summed E-state index contributed by atoms with van der Waals surface area (Å²) in [6.07, 6.45) is 2.60. The highest BCUT2D eigenvalue weighted by molar-refractivity contribution is 5.83. The second-order valence-corrected chi connectivity index (χ2v) is 5.06. The van der Waals surface area contributed by atoms with Crippen LogP contribution < -0.4 is 9.47 Å². The van der Waals surface area contributed by atoms with Gasteiger partial charge in [0.2, 0.25) is 0 Å². The van der Waals surface area contributed by atoms with Crippen LogP contribution in [0.25, 0.3) is 0 Å². The van der Waals surface area contributed by atoms with E-state index in [4.69, 9.17) is 14.7 Å². The summed E-state index contributed by atoms with van der Waals surface area (Å²) < 4.78 is 10.7. The van der Waals surface area contributed by atoms with E-state index < -0.39 is 4.92 Å². The number of ether oxygens (including phenoxy) is 2. The average Bonchev–Trinajstić information content (AvgIpc) is 3.24. The summed E-state index contributed by atoms with van der Waals surface area (Å²) in [7, 11) is 1.39. The van der Waals surface area contributed by atoms with Gasteiger partial charge in [0, 0.05) is 17.9 Å². The molecule has 1 fully saturated rings. The summed E-state index contributed by atoms with van der Waals surface area (Å²) in [5.74, 6) is 0.467. The first kappa shape index (κ1) is 14.8. The lowest BCUT2D eigenvalue weighted by Crippen LogP contribution is -2.13. The summed E-state index contributed by atoms with van der Waals surface area (Å²) in [6, 6.07) is 4.59. The first-order valence-corrected chi connectivity index (χ1v) is 6.36. The maximum atomic E-state index is 11.0. The van der Waals surface area contributed by atoms with Crippen LogP contribution in [0, 0.1) is 26.9 Å². The van der Waals surface area contributed by atoms with E-state index in [-0.39, 0.29) is 28.2 Å². The number of aldehydes is 1. The average molecular weight is 290 g/mol. The van der Waals surface area contributed by atoms with E-state index in [2.05, 4.69) is 6.07 Å². The van der Waals surface area contributed by atoms with E-state index in [1.807, 2.05) is 0 Å². The first-order valence-electron chi connectivity index (χ1n) is 6.36. The summed E-state index contributed by atoms with van der Waals surface area (Å²) in [5, 5.41) is 19.7. The molecule has 0 amide bonds. The Labute approximate surface area is 121 Å². The smallest absolute Gasteiger partial charge is 0.283 e. The Morgan fingerprint density at radius 1 is 1.48 bits per heavy atom. The summed E-state index contributed by atoms with van der Waals surface area (Å²) in [6.45, 7) is 0.300. The Morgan fingerprint density at radius 3 is 2.67 bits per heavy atom.